The quantitative estimate of drug-likeness (QED) is 0.923. The van der Waals surface area contributed by atoms with E-state index in [1.165, 1.54) is 16.1 Å². The highest BCUT2D eigenvalue weighted by Crippen LogP contribution is 2.23. The molecule has 0 aliphatic heterocycles. The second-order valence-corrected chi connectivity index (χ2v) is 5.66. The second-order valence-electron chi connectivity index (χ2n) is 4.66. The Hall–Kier alpha value is -1.99. The average molecular weight is 271 g/mol. The molecule has 0 aliphatic rings. The fourth-order valence-electron chi connectivity index (χ4n) is 1.92. The fraction of sp³-hybridized carbons (Fsp3) is 0.267. The van der Waals surface area contributed by atoms with E-state index in [9.17, 15) is 0 Å². The number of rotatable bonds is 4. The van der Waals surface area contributed by atoms with Crippen LogP contribution in [-0.2, 0) is 6.54 Å². The van der Waals surface area contributed by atoms with Crippen LogP contribution in [0.25, 0.3) is 0 Å². The Morgan fingerprint density at radius 2 is 2.11 bits per heavy atom. The van der Waals surface area contributed by atoms with Crippen LogP contribution < -0.4 is 10.2 Å². The topological polar surface area (TPSA) is 39.1 Å². The Kier molecular flexibility index (Phi) is 4.08. The number of aryl methyl sites for hydroxylation is 1. The van der Waals surface area contributed by atoms with Gasteiger partial charge < -0.3 is 10.2 Å². The fourth-order valence-corrected chi connectivity index (χ4v) is 2.67. The normalized spacial score (nSPS) is 10.0. The van der Waals surface area contributed by atoms with E-state index >= 15 is 0 Å². The van der Waals surface area contributed by atoms with Gasteiger partial charge in [-0.05, 0) is 30.7 Å². The van der Waals surface area contributed by atoms with Gasteiger partial charge >= 0.3 is 0 Å². The van der Waals surface area contributed by atoms with E-state index in [1.54, 1.807) is 11.3 Å². The summed E-state index contributed by atoms with van der Waals surface area (Å²) in [4.78, 5) is 3.28. The van der Waals surface area contributed by atoms with E-state index in [0.29, 0.717) is 0 Å². The van der Waals surface area contributed by atoms with Crippen molar-refractivity contribution < 1.29 is 0 Å². The maximum atomic E-state index is 8.79. The summed E-state index contributed by atoms with van der Waals surface area (Å²) in [7, 11) is 4.09. The van der Waals surface area contributed by atoms with Crippen LogP contribution >= 0.6 is 11.3 Å². The summed E-state index contributed by atoms with van der Waals surface area (Å²) in [6, 6.07) is 10.4. The third-order valence-corrected chi connectivity index (χ3v) is 3.88. The van der Waals surface area contributed by atoms with Gasteiger partial charge in [-0.15, -0.1) is 11.3 Å². The molecule has 19 heavy (non-hydrogen) atoms. The maximum absolute atomic E-state index is 8.79. The van der Waals surface area contributed by atoms with E-state index in [0.717, 1.165) is 17.8 Å². The Bertz CT molecular complexity index is 608. The first-order chi connectivity index (χ1) is 9.10. The van der Waals surface area contributed by atoms with Crippen molar-refractivity contribution in [2.75, 3.05) is 24.3 Å². The first kappa shape index (κ1) is 13.4. The Morgan fingerprint density at radius 3 is 2.74 bits per heavy atom. The van der Waals surface area contributed by atoms with Gasteiger partial charge in [0.15, 0.2) is 0 Å². The molecule has 0 saturated carbocycles. The lowest BCUT2D eigenvalue weighted by Crippen LogP contribution is -2.10. The summed E-state index contributed by atoms with van der Waals surface area (Å²) in [6.45, 7) is 2.86. The molecular formula is C15H17N3S. The highest BCUT2D eigenvalue weighted by atomic mass is 32.1. The summed E-state index contributed by atoms with van der Waals surface area (Å²) < 4.78 is 0. The molecule has 4 heteroatoms. The molecule has 0 fully saturated rings. The van der Waals surface area contributed by atoms with Crippen molar-refractivity contribution in [1.82, 2.24) is 0 Å². The molecule has 1 heterocycles. The molecule has 2 aromatic rings. The van der Waals surface area contributed by atoms with Gasteiger partial charge in [0.05, 0.1) is 5.56 Å². The van der Waals surface area contributed by atoms with E-state index in [2.05, 4.69) is 41.4 Å². The SMILES string of the molecule is Cc1ccc(NCc2cc(C#N)cs2)cc1N(C)C. The number of anilines is 2. The van der Waals surface area contributed by atoms with E-state index < -0.39 is 0 Å². The lowest BCUT2D eigenvalue weighted by Gasteiger charge is -2.17. The molecule has 98 valence electrons. The van der Waals surface area contributed by atoms with Gasteiger partial charge in [-0.2, -0.15) is 5.26 Å². The highest BCUT2D eigenvalue weighted by molar-refractivity contribution is 7.10. The molecule has 2 rings (SSSR count). The van der Waals surface area contributed by atoms with Crippen LogP contribution in [0.15, 0.2) is 29.6 Å². The number of hydrogen-bond acceptors (Lipinski definition) is 4. The molecule has 1 aromatic carbocycles. The number of nitrogens with one attached hydrogen (secondary N) is 1. The molecule has 0 bridgehead atoms. The number of benzene rings is 1. The van der Waals surface area contributed by atoms with Crippen LogP contribution in [0.4, 0.5) is 11.4 Å². The van der Waals surface area contributed by atoms with Gasteiger partial charge in [-0.3, -0.25) is 0 Å². The first-order valence-electron chi connectivity index (χ1n) is 6.09. The van der Waals surface area contributed by atoms with Crippen molar-refractivity contribution in [1.29, 1.82) is 5.26 Å². The second kappa shape index (κ2) is 5.77. The van der Waals surface area contributed by atoms with Gasteiger partial charge in [0, 0.05) is 42.3 Å². The zero-order chi connectivity index (χ0) is 13.8. The first-order valence-corrected chi connectivity index (χ1v) is 6.97. The van der Waals surface area contributed by atoms with Gasteiger partial charge in [-0.25, -0.2) is 0 Å². The van der Waals surface area contributed by atoms with Crippen molar-refractivity contribution in [2.24, 2.45) is 0 Å². The molecule has 0 radical (unpaired) electrons. The average Bonchev–Trinajstić information content (AvgIpc) is 2.85. The lowest BCUT2D eigenvalue weighted by atomic mass is 10.1. The monoisotopic (exact) mass is 271 g/mol. The molecule has 1 N–H and O–H groups in total. The smallest absolute Gasteiger partial charge is 0.100 e. The zero-order valence-electron chi connectivity index (χ0n) is 11.4. The summed E-state index contributed by atoms with van der Waals surface area (Å²) in [6.07, 6.45) is 0. The lowest BCUT2D eigenvalue weighted by molar-refractivity contribution is 1.11. The molecule has 0 amide bonds. The minimum atomic E-state index is 0.736. The maximum Gasteiger partial charge on any atom is 0.100 e. The largest absolute Gasteiger partial charge is 0.380 e. The summed E-state index contributed by atoms with van der Waals surface area (Å²) in [5.41, 5.74) is 4.31. The summed E-state index contributed by atoms with van der Waals surface area (Å²) in [5.74, 6) is 0. The van der Waals surface area contributed by atoms with Gasteiger partial charge in [0.25, 0.3) is 0 Å². The minimum Gasteiger partial charge on any atom is -0.380 e. The van der Waals surface area contributed by atoms with Crippen molar-refractivity contribution in [3.63, 3.8) is 0 Å². The predicted octanol–water partition coefficient (Wildman–Crippen LogP) is 3.61. The Labute approximate surface area is 118 Å². The van der Waals surface area contributed by atoms with Crippen LogP contribution in [0.1, 0.15) is 16.0 Å². The van der Waals surface area contributed by atoms with E-state index in [1.807, 2.05) is 25.5 Å². The van der Waals surface area contributed by atoms with Crippen molar-refractivity contribution in [2.45, 2.75) is 13.5 Å². The Balaban J connectivity index is 2.07. The molecule has 0 atom stereocenters. The van der Waals surface area contributed by atoms with E-state index in [-0.39, 0.29) is 0 Å². The van der Waals surface area contributed by atoms with Crippen LogP contribution in [0.5, 0.6) is 0 Å². The molecule has 0 unspecified atom stereocenters. The summed E-state index contributed by atoms with van der Waals surface area (Å²) in [5, 5.41) is 14.1. The Morgan fingerprint density at radius 1 is 1.32 bits per heavy atom. The third kappa shape index (κ3) is 3.27. The number of nitrogens with zero attached hydrogens (tertiary/aromatic N) is 2. The molecule has 1 aromatic heterocycles. The molecule has 0 saturated heterocycles. The van der Waals surface area contributed by atoms with Gasteiger partial charge in [0.1, 0.15) is 6.07 Å². The van der Waals surface area contributed by atoms with Crippen LogP contribution in [-0.4, -0.2) is 14.1 Å². The van der Waals surface area contributed by atoms with Gasteiger partial charge in [-0.1, -0.05) is 6.07 Å². The van der Waals surface area contributed by atoms with E-state index in [4.69, 9.17) is 5.26 Å². The minimum absolute atomic E-state index is 0.736. The summed E-state index contributed by atoms with van der Waals surface area (Å²) >= 11 is 1.61. The zero-order valence-corrected chi connectivity index (χ0v) is 12.2. The highest BCUT2D eigenvalue weighted by Gasteiger charge is 2.03. The molecule has 3 nitrogen and oxygen atoms in total. The van der Waals surface area contributed by atoms with Crippen LogP contribution in [0, 0.1) is 18.3 Å². The van der Waals surface area contributed by atoms with Crippen molar-refractivity contribution in [3.8, 4) is 6.07 Å². The number of hydrogen-bond donors (Lipinski definition) is 1. The molecule has 0 aliphatic carbocycles. The standard InChI is InChI=1S/C15H17N3S/c1-11-4-5-13(7-15(11)18(2)3)17-9-14-6-12(8-16)10-19-14/h4-7,10,17H,9H2,1-3H3. The van der Waals surface area contributed by atoms with Gasteiger partial charge in [0.2, 0.25) is 0 Å². The number of thiophene rings is 1. The van der Waals surface area contributed by atoms with Crippen molar-refractivity contribution >= 4 is 22.7 Å². The van der Waals surface area contributed by atoms with Crippen molar-refractivity contribution in [3.05, 3.63) is 45.6 Å². The molecule has 0 spiro atoms. The van der Waals surface area contributed by atoms with Crippen LogP contribution in [0.3, 0.4) is 0 Å². The third-order valence-electron chi connectivity index (χ3n) is 2.94. The number of nitriles is 1. The molecular weight excluding hydrogens is 254 g/mol. The predicted molar refractivity (Wildman–Crippen MR) is 81.9 cm³/mol. The van der Waals surface area contributed by atoms with Crippen LogP contribution in [0.2, 0.25) is 0 Å².